The molecule has 1 aliphatic heterocycles. The minimum absolute atomic E-state index is 0.0997. The van der Waals surface area contributed by atoms with E-state index in [1.165, 1.54) is 6.92 Å². The lowest BCUT2D eigenvalue weighted by Gasteiger charge is -2.20. The van der Waals surface area contributed by atoms with Crippen LogP contribution in [0.4, 0.5) is 5.69 Å². The fourth-order valence-corrected chi connectivity index (χ4v) is 3.28. The third-order valence-electron chi connectivity index (χ3n) is 4.74. The number of anilines is 1. The van der Waals surface area contributed by atoms with Crippen molar-refractivity contribution >= 4 is 23.5 Å². The summed E-state index contributed by atoms with van der Waals surface area (Å²) in [4.78, 5) is 26.5. The van der Waals surface area contributed by atoms with Crippen LogP contribution in [0.5, 0.6) is 11.5 Å². The number of benzene rings is 2. The van der Waals surface area contributed by atoms with E-state index < -0.39 is 0 Å². The van der Waals surface area contributed by atoms with E-state index in [4.69, 9.17) is 9.47 Å². The third kappa shape index (κ3) is 4.01. The topological polar surface area (TPSA) is 67.9 Å². The van der Waals surface area contributed by atoms with Crippen LogP contribution in [-0.2, 0) is 11.2 Å². The van der Waals surface area contributed by atoms with Crippen LogP contribution < -0.4 is 14.8 Å². The lowest BCUT2D eigenvalue weighted by molar-refractivity contribution is -0.114. The molecule has 1 heterocycles. The lowest BCUT2D eigenvalue weighted by atomic mass is 10.0. The molecule has 1 N–H and O–H groups in total. The smallest absolute Gasteiger partial charge is 0.221 e. The van der Waals surface area contributed by atoms with Gasteiger partial charge < -0.3 is 19.7 Å². The number of nitrogens with one attached hydrogen (secondary N) is 1. The number of fused-ring (bicyclic) bond motifs is 1. The van der Waals surface area contributed by atoms with E-state index in [0.717, 1.165) is 17.5 Å². The van der Waals surface area contributed by atoms with Gasteiger partial charge in [-0.3, -0.25) is 9.59 Å². The maximum Gasteiger partial charge on any atom is 0.221 e. The Bertz CT molecular complexity index is 950. The van der Waals surface area contributed by atoms with Gasteiger partial charge in [-0.05, 0) is 47.9 Å². The molecule has 0 unspecified atom stereocenters. The number of nitrogens with zero attached hydrogens (tertiary/aromatic N) is 1. The van der Waals surface area contributed by atoms with E-state index in [-0.39, 0.29) is 11.7 Å². The molecule has 0 spiro atoms. The molecular weight excluding hydrogens is 356 g/mol. The molecule has 6 heteroatoms. The number of ketones is 1. The van der Waals surface area contributed by atoms with Crippen molar-refractivity contribution in [2.45, 2.75) is 13.3 Å². The summed E-state index contributed by atoms with van der Waals surface area (Å²) in [6.45, 7) is 2.14. The zero-order valence-electron chi connectivity index (χ0n) is 16.5. The van der Waals surface area contributed by atoms with Crippen LogP contribution in [0.3, 0.4) is 0 Å². The number of likely N-dealkylation sites (N-methyl/N-ethyl adjacent to an activating group) is 1. The number of methoxy groups -OCH3 is 2. The first-order valence-electron chi connectivity index (χ1n) is 9.03. The predicted molar refractivity (Wildman–Crippen MR) is 109 cm³/mol. The minimum atomic E-state index is -0.176. The second-order valence-electron chi connectivity index (χ2n) is 6.70. The molecule has 146 valence electrons. The molecule has 0 saturated carbocycles. The van der Waals surface area contributed by atoms with Gasteiger partial charge in [-0.1, -0.05) is 12.1 Å². The quantitative estimate of drug-likeness (QED) is 0.806. The molecule has 3 rings (SSSR count). The number of carbonyl (C=O) groups is 2. The van der Waals surface area contributed by atoms with E-state index in [1.54, 1.807) is 38.5 Å². The number of Topliss-reactive ketones (excluding diaryl/α,β-unsaturated/α-hetero) is 1. The van der Waals surface area contributed by atoms with E-state index in [2.05, 4.69) is 5.32 Å². The largest absolute Gasteiger partial charge is 0.493 e. The van der Waals surface area contributed by atoms with Crippen molar-refractivity contribution in [2.24, 2.45) is 0 Å². The second kappa shape index (κ2) is 8.17. The Labute approximate surface area is 164 Å². The van der Waals surface area contributed by atoms with Crippen LogP contribution in [0.2, 0.25) is 0 Å². The summed E-state index contributed by atoms with van der Waals surface area (Å²) >= 11 is 0. The Hall–Kier alpha value is -3.28. The molecule has 0 saturated heterocycles. The molecule has 0 aliphatic carbocycles. The normalized spacial score (nSPS) is 13.1. The lowest BCUT2D eigenvalue weighted by Crippen LogP contribution is -2.24. The van der Waals surface area contributed by atoms with E-state index in [1.807, 2.05) is 30.2 Å². The van der Waals surface area contributed by atoms with Gasteiger partial charge in [0.15, 0.2) is 11.5 Å². The Morgan fingerprint density at radius 2 is 1.79 bits per heavy atom. The summed E-state index contributed by atoms with van der Waals surface area (Å²) in [5.41, 5.74) is 3.74. The molecule has 6 nitrogen and oxygen atoms in total. The van der Waals surface area contributed by atoms with Gasteiger partial charge in [0.1, 0.15) is 0 Å². The minimum Gasteiger partial charge on any atom is -0.493 e. The standard InChI is InChI=1S/C22H24N2O4/c1-14(25)23-18-7-5-6-16(10-18)22(26)19-11-17-13-21(28-4)20(27-3)12-15(17)8-9-24(19)2/h5-7,10-13H,8-9H2,1-4H3,(H,23,25). The monoisotopic (exact) mass is 380 g/mol. The van der Waals surface area contributed by atoms with Gasteiger partial charge in [0.2, 0.25) is 11.7 Å². The average molecular weight is 380 g/mol. The maximum atomic E-state index is 13.2. The SMILES string of the molecule is COc1cc2c(cc1OC)CCN(C)C(C(=O)c1cccc(NC(C)=O)c1)=C2. The Morgan fingerprint density at radius 1 is 1.07 bits per heavy atom. The van der Waals surface area contributed by atoms with E-state index >= 15 is 0 Å². The zero-order chi connectivity index (χ0) is 20.3. The molecular formula is C22H24N2O4. The number of allylic oxidation sites excluding steroid dienone is 1. The van der Waals surface area contributed by atoms with Crippen molar-refractivity contribution in [1.82, 2.24) is 4.90 Å². The van der Waals surface area contributed by atoms with Crippen molar-refractivity contribution in [3.05, 3.63) is 58.8 Å². The molecule has 28 heavy (non-hydrogen) atoms. The number of hydrogen-bond acceptors (Lipinski definition) is 5. The summed E-state index contributed by atoms with van der Waals surface area (Å²) in [5, 5.41) is 2.72. The Kier molecular flexibility index (Phi) is 5.68. The van der Waals surface area contributed by atoms with Crippen molar-refractivity contribution in [3.63, 3.8) is 0 Å². The first-order valence-corrected chi connectivity index (χ1v) is 9.03. The van der Waals surface area contributed by atoms with Gasteiger partial charge >= 0.3 is 0 Å². The highest BCUT2D eigenvalue weighted by Gasteiger charge is 2.22. The summed E-state index contributed by atoms with van der Waals surface area (Å²) in [7, 11) is 5.11. The number of hydrogen-bond donors (Lipinski definition) is 1. The van der Waals surface area contributed by atoms with Crippen molar-refractivity contribution in [2.75, 3.05) is 33.1 Å². The zero-order valence-corrected chi connectivity index (χ0v) is 16.5. The van der Waals surface area contributed by atoms with Crippen LogP contribution >= 0.6 is 0 Å². The number of ether oxygens (including phenoxy) is 2. The molecule has 0 aromatic heterocycles. The Morgan fingerprint density at radius 3 is 2.46 bits per heavy atom. The van der Waals surface area contributed by atoms with Crippen molar-refractivity contribution < 1.29 is 19.1 Å². The number of rotatable bonds is 5. The summed E-state index contributed by atoms with van der Waals surface area (Å²) in [5.74, 6) is 1.03. The molecule has 0 radical (unpaired) electrons. The van der Waals surface area contributed by atoms with E-state index in [9.17, 15) is 9.59 Å². The van der Waals surface area contributed by atoms with Gasteiger partial charge in [0.05, 0.1) is 19.9 Å². The average Bonchev–Trinajstić information content (AvgIpc) is 2.84. The maximum absolute atomic E-state index is 13.2. The van der Waals surface area contributed by atoms with Crippen LogP contribution in [0.15, 0.2) is 42.1 Å². The highest BCUT2D eigenvalue weighted by Crippen LogP contribution is 2.34. The van der Waals surface area contributed by atoms with Crippen molar-refractivity contribution in [1.29, 1.82) is 0 Å². The van der Waals surface area contributed by atoms with Gasteiger partial charge in [0.25, 0.3) is 0 Å². The summed E-state index contributed by atoms with van der Waals surface area (Å²) in [6, 6.07) is 10.8. The second-order valence-corrected chi connectivity index (χ2v) is 6.70. The molecule has 0 bridgehead atoms. The molecule has 1 amide bonds. The number of carbonyl (C=O) groups excluding carboxylic acids is 2. The first kappa shape index (κ1) is 19.5. The van der Waals surface area contributed by atoms with Crippen LogP contribution in [0.1, 0.15) is 28.4 Å². The van der Waals surface area contributed by atoms with Crippen LogP contribution in [-0.4, -0.2) is 44.4 Å². The number of amides is 1. The highest BCUT2D eigenvalue weighted by atomic mass is 16.5. The van der Waals surface area contributed by atoms with Gasteiger partial charge in [-0.25, -0.2) is 0 Å². The van der Waals surface area contributed by atoms with Crippen LogP contribution in [0.25, 0.3) is 6.08 Å². The Balaban J connectivity index is 2.01. The molecule has 0 atom stereocenters. The predicted octanol–water partition coefficient (Wildman–Crippen LogP) is 3.37. The highest BCUT2D eigenvalue weighted by molar-refractivity contribution is 6.11. The molecule has 0 fully saturated rings. The summed E-state index contributed by atoms with van der Waals surface area (Å²) < 4.78 is 10.8. The fourth-order valence-electron chi connectivity index (χ4n) is 3.28. The first-order chi connectivity index (χ1) is 13.4. The van der Waals surface area contributed by atoms with Crippen molar-refractivity contribution in [3.8, 4) is 11.5 Å². The molecule has 1 aliphatic rings. The van der Waals surface area contributed by atoms with Gasteiger partial charge in [-0.15, -0.1) is 0 Å². The summed E-state index contributed by atoms with van der Waals surface area (Å²) in [6.07, 6.45) is 2.67. The molecule has 2 aromatic rings. The van der Waals surface area contributed by atoms with Gasteiger partial charge in [0, 0.05) is 31.8 Å². The molecule has 2 aromatic carbocycles. The van der Waals surface area contributed by atoms with E-state index in [0.29, 0.717) is 35.0 Å². The van der Waals surface area contributed by atoms with Gasteiger partial charge in [-0.2, -0.15) is 0 Å². The fraction of sp³-hybridized carbons (Fsp3) is 0.273. The third-order valence-corrected chi connectivity index (χ3v) is 4.74. The van der Waals surface area contributed by atoms with Crippen LogP contribution in [0, 0.1) is 0 Å².